The van der Waals surface area contributed by atoms with Crippen LogP contribution < -0.4 is 11.1 Å². The van der Waals surface area contributed by atoms with Crippen molar-refractivity contribution in [2.45, 2.75) is 32.2 Å². The number of nitrogens with one attached hydrogen (secondary N) is 1. The lowest BCUT2D eigenvalue weighted by Crippen LogP contribution is -2.36. The first kappa shape index (κ1) is 16.0. The van der Waals surface area contributed by atoms with Crippen molar-refractivity contribution in [1.29, 1.82) is 0 Å². The molecule has 1 amide bonds. The second-order valence-corrected chi connectivity index (χ2v) is 5.21. The molecule has 1 aromatic rings. The number of aromatic nitrogens is 2. The first-order valence-electron chi connectivity index (χ1n) is 6.60. The van der Waals surface area contributed by atoms with Crippen molar-refractivity contribution >= 4 is 18.3 Å². The second-order valence-electron chi connectivity index (χ2n) is 5.21. The number of nitrogens with zero attached hydrogens (tertiary/aromatic N) is 2. The maximum Gasteiger partial charge on any atom is 0.223 e. The van der Waals surface area contributed by atoms with Crippen LogP contribution in [-0.4, -0.2) is 22.2 Å². The van der Waals surface area contributed by atoms with Crippen LogP contribution in [0.25, 0.3) is 0 Å². The molecule has 1 aliphatic rings. The van der Waals surface area contributed by atoms with Crippen molar-refractivity contribution in [3.8, 4) is 0 Å². The standard InChI is InChI=1S/C13H22N4O.ClH/c1-9(11-7-15-17(2)8-11)16-13(18)12-5-3-4-10(12)6-14;/h7-10,12H,3-6,14H2,1-2H3,(H,16,18);1H/t9?,10-,12-;/m1./s1. The predicted octanol–water partition coefficient (Wildman–Crippen LogP) is 1.39. The van der Waals surface area contributed by atoms with Gasteiger partial charge in [0.1, 0.15) is 0 Å². The SMILES string of the molecule is CC(NC(=O)[C@@H]1CCC[C@@H]1CN)c1cnn(C)c1.Cl. The summed E-state index contributed by atoms with van der Waals surface area (Å²) in [6, 6.07) is 0.00484. The lowest BCUT2D eigenvalue weighted by atomic mass is 9.95. The Labute approximate surface area is 120 Å². The van der Waals surface area contributed by atoms with E-state index >= 15 is 0 Å². The Morgan fingerprint density at radius 1 is 1.63 bits per heavy atom. The molecule has 0 spiro atoms. The summed E-state index contributed by atoms with van der Waals surface area (Å²) in [5.74, 6) is 0.583. The highest BCUT2D eigenvalue weighted by atomic mass is 35.5. The fourth-order valence-corrected chi connectivity index (χ4v) is 2.73. The van der Waals surface area contributed by atoms with Crippen LogP contribution in [0, 0.1) is 11.8 Å². The molecule has 1 saturated carbocycles. The minimum absolute atomic E-state index is 0. The van der Waals surface area contributed by atoms with Gasteiger partial charge in [0.05, 0.1) is 12.2 Å². The van der Waals surface area contributed by atoms with Gasteiger partial charge >= 0.3 is 0 Å². The topological polar surface area (TPSA) is 72.9 Å². The molecule has 2 rings (SSSR count). The van der Waals surface area contributed by atoms with Crippen LogP contribution in [0.5, 0.6) is 0 Å². The lowest BCUT2D eigenvalue weighted by Gasteiger charge is -2.20. The van der Waals surface area contributed by atoms with Crippen molar-refractivity contribution < 1.29 is 4.79 Å². The van der Waals surface area contributed by atoms with Crippen LogP contribution in [-0.2, 0) is 11.8 Å². The third-order valence-electron chi connectivity index (χ3n) is 3.88. The van der Waals surface area contributed by atoms with Gasteiger partial charge in [0.15, 0.2) is 0 Å². The Bertz CT molecular complexity index is 421. The Kier molecular flexibility index (Phi) is 5.82. The lowest BCUT2D eigenvalue weighted by molar-refractivity contribution is -0.126. The zero-order valence-corrected chi connectivity index (χ0v) is 12.3. The molecular weight excluding hydrogens is 264 g/mol. The van der Waals surface area contributed by atoms with E-state index in [9.17, 15) is 4.79 Å². The van der Waals surface area contributed by atoms with Crippen LogP contribution in [0.3, 0.4) is 0 Å². The number of hydrogen-bond donors (Lipinski definition) is 2. The summed E-state index contributed by atoms with van der Waals surface area (Å²) in [6.45, 7) is 2.60. The Hall–Kier alpha value is -1.07. The van der Waals surface area contributed by atoms with E-state index in [1.807, 2.05) is 20.2 Å². The molecule has 3 N–H and O–H groups in total. The first-order chi connectivity index (χ1) is 8.61. The molecule has 1 heterocycles. The van der Waals surface area contributed by atoms with Gasteiger partial charge in [-0.3, -0.25) is 9.48 Å². The molecule has 6 heteroatoms. The summed E-state index contributed by atoms with van der Waals surface area (Å²) in [5, 5.41) is 7.19. The largest absolute Gasteiger partial charge is 0.349 e. The summed E-state index contributed by atoms with van der Waals surface area (Å²) in [4.78, 5) is 12.2. The van der Waals surface area contributed by atoms with E-state index < -0.39 is 0 Å². The fraction of sp³-hybridized carbons (Fsp3) is 0.692. The molecule has 5 nitrogen and oxygen atoms in total. The van der Waals surface area contributed by atoms with Crippen LogP contribution in [0.4, 0.5) is 0 Å². The van der Waals surface area contributed by atoms with E-state index in [2.05, 4.69) is 10.4 Å². The van der Waals surface area contributed by atoms with Gasteiger partial charge in [-0.05, 0) is 32.2 Å². The average molecular weight is 287 g/mol. The quantitative estimate of drug-likeness (QED) is 0.879. The van der Waals surface area contributed by atoms with E-state index in [-0.39, 0.29) is 30.3 Å². The Morgan fingerprint density at radius 2 is 2.37 bits per heavy atom. The number of amides is 1. The number of carbonyl (C=O) groups excluding carboxylic acids is 1. The maximum atomic E-state index is 12.2. The van der Waals surface area contributed by atoms with Gasteiger partial charge in [-0.1, -0.05) is 6.42 Å². The van der Waals surface area contributed by atoms with Gasteiger partial charge in [0, 0.05) is 24.7 Å². The highest BCUT2D eigenvalue weighted by molar-refractivity contribution is 5.85. The highest BCUT2D eigenvalue weighted by Crippen LogP contribution is 2.31. The van der Waals surface area contributed by atoms with Crippen LogP contribution >= 0.6 is 12.4 Å². The van der Waals surface area contributed by atoms with Crippen molar-refractivity contribution in [3.05, 3.63) is 18.0 Å². The zero-order chi connectivity index (χ0) is 13.1. The third kappa shape index (κ3) is 3.70. The summed E-state index contributed by atoms with van der Waals surface area (Å²) >= 11 is 0. The molecule has 1 unspecified atom stereocenters. The molecule has 0 radical (unpaired) electrons. The molecule has 108 valence electrons. The summed E-state index contributed by atoms with van der Waals surface area (Å²) in [7, 11) is 1.87. The summed E-state index contributed by atoms with van der Waals surface area (Å²) in [6.07, 6.45) is 6.88. The molecule has 19 heavy (non-hydrogen) atoms. The van der Waals surface area contributed by atoms with Crippen LogP contribution in [0.2, 0.25) is 0 Å². The Balaban J connectivity index is 0.00000180. The van der Waals surface area contributed by atoms with Gasteiger partial charge in [-0.15, -0.1) is 12.4 Å². The molecule has 1 aromatic heterocycles. The molecule has 1 fully saturated rings. The molecule has 3 atom stereocenters. The molecular formula is C13H23ClN4O. The zero-order valence-electron chi connectivity index (χ0n) is 11.5. The minimum Gasteiger partial charge on any atom is -0.349 e. The third-order valence-corrected chi connectivity index (χ3v) is 3.88. The molecule has 0 aliphatic heterocycles. The predicted molar refractivity (Wildman–Crippen MR) is 76.9 cm³/mol. The number of halogens is 1. The van der Waals surface area contributed by atoms with Gasteiger partial charge in [-0.2, -0.15) is 5.10 Å². The average Bonchev–Trinajstić information content (AvgIpc) is 2.96. The van der Waals surface area contributed by atoms with E-state index in [0.717, 1.165) is 24.8 Å². The fourth-order valence-electron chi connectivity index (χ4n) is 2.73. The van der Waals surface area contributed by atoms with E-state index in [1.165, 1.54) is 0 Å². The van der Waals surface area contributed by atoms with Crippen molar-refractivity contribution in [2.75, 3.05) is 6.54 Å². The molecule has 0 aromatic carbocycles. The van der Waals surface area contributed by atoms with Crippen LogP contribution in [0.1, 0.15) is 37.8 Å². The second kappa shape index (κ2) is 6.91. The molecule has 0 bridgehead atoms. The summed E-state index contributed by atoms with van der Waals surface area (Å²) < 4.78 is 1.75. The smallest absolute Gasteiger partial charge is 0.223 e. The maximum absolute atomic E-state index is 12.2. The van der Waals surface area contributed by atoms with E-state index in [0.29, 0.717) is 12.5 Å². The summed E-state index contributed by atoms with van der Waals surface area (Å²) in [5.41, 5.74) is 6.75. The van der Waals surface area contributed by atoms with Gasteiger partial charge < -0.3 is 11.1 Å². The first-order valence-corrected chi connectivity index (χ1v) is 6.60. The number of aryl methyl sites for hydroxylation is 1. The normalized spacial score (nSPS) is 23.7. The van der Waals surface area contributed by atoms with Crippen molar-refractivity contribution in [1.82, 2.24) is 15.1 Å². The number of carbonyl (C=O) groups is 1. The number of hydrogen-bond acceptors (Lipinski definition) is 3. The van der Waals surface area contributed by atoms with E-state index in [1.54, 1.807) is 10.9 Å². The highest BCUT2D eigenvalue weighted by Gasteiger charge is 2.32. The monoisotopic (exact) mass is 286 g/mol. The van der Waals surface area contributed by atoms with Gasteiger partial charge in [0.2, 0.25) is 5.91 Å². The van der Waals surface area contributed by atoms with Crippen LogP contribution in [0.15, 0.2) is 12.4 Å². The molecule has 1 aliphatic carbocycles. The van der Waals surface area contributed by atoms with Crippen molar-refractivity contribution in [3.63, 3.8) is 0 Å². The van der Waals surface area contributed by atoms with E-state index in [4.69, 9.17) is 5.73 Å². The minimum atomic E-state index is 0. The molecule has 0 saturated heterocycles. The number of nitrogens with two attached hydrogens (primary N) is 1. The number of rotatable bonds is 4. The van der Waals surface area contributed by atoms with Gasteiger partial charge in [0.25, 0.3) is 0 Å². The Morgan fingerprint density at radius 3 is 2.95 bits per heavy atom. The van der Waals surface area contributed by atoms with Crippen molar-refractivity contribution in [2.24, 2.45) is 24.6 Å². The van der Waals surface area contributed by atoms with Gasteiger partial charge in [-0.25, -0.2) is 0 Å².